The summed E-state index contributed by atoms with van der Waals surface area (Å²) in [5.41, 5.74) is 1.86. The smallest absolute Gasteiger partial charge is 0.475 e. The molecule has 0 spiro atoms. The van der Waals surface area contributed by atoms with Crippen molar-refractivity contribution in [1.29, 1.82) is 0 Å². The topological polar surface area (TPSA) is 99.2 Å². The van der Waals surface area contributed by atoms with Crippen molar-refractivity contribution in [2.75, 3.05) is 12.8 Å². The quantitative estimate of drug-likeness (QED) is 0.401. The number of aromatic nitrogens is 3. The molecule has 1 aliphatic rings. The normalized spacial score (nSPS) is 16.5. The highest BCUT2D eigenvalue weighted by molar-refractivity contribution is 8.00. The number of thioether (sulfide) groups is 1. The number of aliphatic carboxylic acids is 1. The number of nitrogens with zero attached hydrogens (tertiary/aromatic N) is 3. The van der Waals surface area contributed by atoms with Crippen LogP contribution in [-0.2, 0) is 4.79 Å². The molecule has 1 unspecified atom stereocenters. The molecule has 1 aromatic carbocycles. The summed E-state index contributed by atoms with van der Waals surface area (Å²) in [5.74, 6) is -2.40. The third-order valence-corrected chi connectivity index (χ3v) is 6.52. The van der Waals surface area contributed by atoms with E-state index in [0.717, 1.165) is 23.6 Å². The zero-order valence-corrected chi connectivity index (χ0v) is 18.3. The van der Waals surface area contributed by atoms with Crippen molar-refractivity contribution in [1.82, 2.24) is 19.9 Å². The first-order chi connectivity index (χ1) is 15.1. The number of hydrogen-bond donors (Lipinski definition) is 2. The molecular formula is C19H18F4N4O3S2. The number of hydrogen-bond acceptors (Lipinski definition) is 6. The number of halogens is 4. The first-order valence-corrected chi connectivity index (χ1v) is 11.5. The van der Waals surface area contributed by atoms with Crippen LogP contribution < -0.4 is 0 Å². The number of benzene rings is 1. The van der Waals surface area contributed by atoms with Crippen LogP contribution in [0.2, 0.25) is 0 Å². The predicted molar refractivity (Wildman–Crippen MR) is 111 cm³/mol. The summed E-state index contributed by atoms with van der Waals surface area (Å²) in [6, 6.07) is 4.36. The molecule has 32 heavy (non-hydrogen) atoms. The fourth-order valence-electron chi connectivity index (χ4n) is 3.21. The molecule has 3 aromatic rings. The molecule has 172 valence electrons. The van der Waals surface area contributed by atoms with Gasteiger partial charge in [-0.25, -0.2) is 19.2 Å². The number of aromatic amines is 1. The van der Waals surface area contributed by atoms with Crippen molar-refractivity contribution in [3.8, 4) is 0 Å². The Morgan fingerprint density at radius 2 is 2.00 bits per heavy atom. The predicted octanol–water partition coefficient (Wildman–Crippen LogP) is 4.88. The molecule has 0 radical (unpaired) electrons. The van der Waals surface area contributed by atoms with E-state index < -0.39 is 12.1 Å². The van der Waals surface area contributed by atoms with Gasteiger partial charge in [-0.3, -0.25) is 4.79 Å². The molecule has 0 aliphatic carbocycles. The van der Waals surface area contributed by atoms with Crippen LogP contribution >= 0.6 is 23.1 Å². The molecule has 0 saturated carbocycles. The van der Waals surface area contributed by atoms with Gasteiger partial charge in [-0.1, -0.05) is 11.8 Å². The van der Waals surface area contributed by atoms with E-state index in [0.29, 0.717) is 29.1 Å². The number of alkyl halides is 3. The molecule has 2 N–H and O–H groups in total. The van der Waals surface area contributed by atoms with Crippen LogP contribution in [0.3, 0.4) is 0 Å². The Balaban J connectivity index is 0.000000360. The first-order valence-electron chi connectivity index (χ1n) is 9.36. The average Bonchev–Trinajstić information content (AvgIpc) is 3.39. The van der Waals surface area contributed by atoms with Gasteiger partial charge >= 0.3 is 12.1 Å². The number of thiazole rings is 1. The number of likely N-dealkylation sites (tertiary alicyclic amines) is 1. The molecule has 1 fully saturated rings. The third-order valence-electron chi connectivity index (χ3n) is 4.66. The van der Waals surface area contributed by atoms with E-state index in [1.54, 1.807) is 6.07 Å². The van der Waals surface area contributed by atoms with E-state index in [1.165, 1.54) is 35.2 Å². The van der Waals surface area contributed by atoms with Gasteiger partial charge < -0.3 is 15.0 Å². The first kappa shape index (κ1) is 24.0. The van der Waals surface area contributed by atoms with Crippen molar-refractivity contribution in [2.45, 2.75) is 35.8 Å². The second kappa shape index (κ2) is 9.86. The molecule has 1 atom stereocenters. The number of rotatable bonds is 3. The molecule has 2 aromatic heterocycles. The highest BCUT2D eigenvalue weighted by atomic mass is 32.2. The highest BCUT2D eigenvalue weighted by Gasteiger charge is 2.38. The number of piperidine rings is 1. The maximum atomic E-state index is 13.4. The van der Waals surface area contributed by atoms with Crippen molar-refractivity contribution >= 4 is 46.0 Å². The number of amides is 1. The Hall–Kier alpha value is -2.67. The van der Waals surface area contributed by atoms with E-state index >= 15 is 0 Å². The number of carboxylic acid groups (broad SMARTS) is 1. The number of nitrogens with one attached hydrogen (secondary N) is 1. The Morgan fingerprint density at radius 1 is 1.28 bits per heavy atom. The number of imidazole rings is 1. The van der Waals surface area contributed by atoms with Crippen molar-refractivity contribution in [2.24, 2.45) is 0 Å². The van der Waals surface area contributed by atoms with E-state index in [9.17, 15) is 22.4 Å². The van der Waals surface area contributed by atoms with Crippen LogP contribution in [-0.4, -0.2) is 55.8 Å². The molecule has 1 aliphatic heterocycles. The van der Waals surface area contributed by atoms with Crippen LogP contribution in [0, 0.1) is 5.82 Å². The minimum atomic E-state index is -5.08. The fraction of sp³-hybridized carbons (Fsp3) is 0.368. The van der Waals surface area contributed by atoms with Crippen molar-refractivity contribution in [3.63, 3.8) is 0 Å². The lowest BCUT2D eigenvalue weighted by Crippen LogP contribution is -2.39. The van der Waals surface area contributed by atoms with E-state index in [1.807, 2.05) is 16.5 Å². The lowest BCUT2D eigenvalue weighted by molar-refractivity contribution is -0.192. The van der Waals surface area contributed by atoms with E-state index in [2.05, 4.69) is 15.0 Å². The standard InChI is InChI=1S/C17H17FN4OS2.C2HF3O2/c1-24-17-21-13(9-25-17)16(23)22-7-3-2-4-14(22)15-19-11-6-5-10(18)8-12(11)20-15;3-2(4,5)1(6)7/h5-6,8-9,14H,2-4,7H2,1H3,(H,19,20);(H,6,7). The van der Waals surface area contributed by atoms with Gasteiger partial charge in [0.25, 0.3) is 5.91 Å². The molecule has 7 nitrogen and oxygen atoms in total. The van der Waals surface area contributed by atoms with Gasteiger partial charge in [-0.15, -0.1) is 11.3 Å². The second-order valence-electron chi connectivity index (χ2n) is 6.80. The van der Waals surface area contributed by atoms with Gasteiger partial charge in [0.15, 0.2) is 0 Å². The Bertz CT molecular complexity index is 1120. The number of carboxylic acids is 1. The summed E-state index contributed by atoms with van der Waals surface area (Å²) in [6.45, 7) is 0.682. The SMILES string of the molecule is CSc1nc(C(=O)N2CCCCC2c2nc3ccc(F)cc3[nH]2)cs1.O=C(O)C(F)(F)F. The van der Waals surface area contributed by atoms with Crippen LogP contribution in [0.4, 0.5) is 17.6 Å². The maximum Gasteiger partial charge on any atom is 0.490 e. The van der Waals surface area contributed by atoms with Crippen LogP contribution in [0.25, 0.3) is 11.0 Å². The van der Waals surface area contributed by atoms with Crippen LogP contribution in [0.1, 0.15) is 41.6 Å². The summed E-state index contributed by atoms with van der Waals surface area (Å²) >= 11 is 3.02. The molecular weight excluding hydrogens is 472 g/mol. The number of carbonyl (C=O) groups excluding carboxylic acids is 1. The van der Waals surface area contributed by atoms with Crippen molar-refractivity contribution in [3.05, 3.63) is 40.9 Å². The van der Waals surface area contributed by atoms with Gasteiger partial charge in [-0.2, -0.15) is 13.2 Å². The van der Waals surface area contributed by atoms with Crippen molar-refractivity contribution < 1.29 is 32.3 Å². The number of fused-ring (bicyclic) bond motifs is 1. The summed E-state index contributed by atoms with van der Waals surface area (Å²) < 4.78 is 46.1. The molecule has 13 heteroatoms. The average molecular weight is 491 g/mol. The molecule has 3 heterocycles. The van der Waals surface area contributed by atoms with Gasteiger partial charge in [0.05, 0.1) is 17.1 Å². The highest BCUT2D eigenvalue weighted by Crippen LogP contribution is 2.32. The third kappa shape index (κ3) is 5.57. The Kier molecular flexibility index (Phi) is 7.39. The van der Waals surface area contributed by atoms with E-state index in [4.69, 9.17) is 9.90 Å². The molecule has 1 saturated heterocycles. The zero-order valence-electron chi connectivity index (χ0n) is 16.6. The van der Waals surface area contributed by atoms with Crippen LogP contribution in [0.15, 0.2) is 27.9 Å². The fourth-order valence-corrected chi connectivity index (χ4v) is 4.45. The van der Waals surface area contributed by atoms with Gasteiger partial charge in [0, 0.05) is 11.9 Å². The van der Waals surface area contributed by atoms with Crippen LogP contribution in [0.5, 0.6) is 0 Å². The lowest BCUT2D eigenvalue weighted by atomic mass is 10.0. The summed E-state index contributed by atoms with van der Waals surface area (Å²) in [5, 5.41) is 8.94. The summed E-state index contributed by atoms with van der Waals surface area (Å²) in [7, 11) is 0. The monoisotopic (exact) mass is 490 g/mol. The molecule has 1 amide bonds. The van der Waals surface area contributed by atoms with Gasteiger partial charge in [0.1, 0.15) is 21.7 Å². The Morgan fingerprint density at radius 3 is 2.62 bits per heavy atom. The zero-order chi connectivity index (χ0) is 23.5. The number of carbonyl (C=O) groups is 2. The van der Waals surface area contributed by atoms with Gasteiger partial charge in [0.2, 0.25) is 0 Å². The molecule has 0 bridgehead atoms. The minimum Gasteiger partial charge on any atom is -0.475 e. The summed E-state index contributed by atoms with van der Waals surface area (Å²) in [6.07, 6.45) is -0.290. The number of H-pyrrole nitrogens is 1. The molecule has 4 rings (SSSR count). The largest absolute Gasteiger partial charge is 0.490 e. The van der Waals surface area contributed by atoms with E-state index in [-0.39, 0.29) is 17.8 Å². The lowest BCUT2D eigenvalue weighted by Gasteiger charge is -2.34. The minimum absolute atomic E-state index is 0.0621. The maximum absolute atomic E-state index is 13.4. The van der Waals surface area contributed by atoms with Gasteiger partial charge in [-0.05, 0) is 43.7 Å². The summed E-state index contributed by atoms with van der Waals surface area (Å²) in [4.78, 5) is 35.9. The Labute approximate surface area is 187 Å². The second-order valence-corrected chi connectivity index (χ2v) is 8.71.